The second-order valence-corrected chi connectivity index (χ2v) is 10.7. The maximum atomic E-state index is 5.23. The van der Waals surface area contributed by atoms with Gasteiger partial charge in [0.1, 0.15) is 11.5 Å². The Kier molecular flexibility index (Phi) is 18.9. The van der Waals surface area contributed by atoms with Crippen LogP contribution in [0.1, 0.15) is 44.2 Å². The van der Waals surface area contributed by atoms with E-state index in [9.17, 15) is 0 Å². The molecular formula is C41H44Cl2HfO2-6. The number of hydrogen-bond donors (Lipinski definition) is 0. The van der Waals surface area contributed by atoms with E-state index in [0.717, 1.165) is 30.8 Å². The van der Waals surface area contributed by atoms with Gasteiger partial charge in [-0.3, -0.25) is 0 Å². The maximum Gasteiger partial charge on any atom is 0.118 e. The molecule has 0 spiro atoms. The van der Waals surface area contributed by atoms with Gasteiger partial charge in [0, 0.05) is 25.8 Å². The van der Waals surface area contributed by atoms with Crippen LogP contribution in [0.15, 0.2) is 109 Å². The molecule has 6 aromatic carbocycles. The van der Waals surface area contributed by atoms with E-state index in [1.54, 1.807) is 14.2 Å². The van der Waals surface area contributed by atoms with Crippen LogP contribution in [0, 0.1) is 13.8 Å². The summed E-state index contributed by atoms with van der Waals surface area (Å²) in [5.41, 5.74) is 7.95. The molecule has 5 heteroatoms. The summed E-state index contributed by atoms with van der Waals surface area (Å²) >= 11 is 0. The molecule has 0 N–H and O–H groups in total. The van der Waals surface area contributed by atoms with E-state index < -0.39 is 0 Å². The van der Waals surface area contributed by atoms with Crippen molar-refractivity contribution in [3.63, 3.8) is 0 Å². The molecule has 0 atom stereocenters. The van der Waals surface area contributed by atoms with Gasteiger partial charge < -0.3 is 54.6 Å². The smallest absolute Gasteiger partial charge is 0.118 e. The van der Waals surface area contributed by atoms with Crippen LogP contribution in [-0.2, 0) is 38.7 Å². The van der Waals surface area contributed by atoms with Crippen molar-refractivity contribution in [2.24, 2.45) is 0 Å². The molecule has 0 saturated heterocycles. The summed E-state index contributed by atoms with van der Waals surface area (Å²) in [5.74, 6) is 1.80. The zero-order valence-electron chi connectivity index (χ0n) is 27.4. The molecule has 0 aliphatic rings. The molecule has 6 aromatic rings. The molecule has 0 aromatic heterocycles. The molecule has 0 amide bonds. The van der Waals surface area contributed by atoms with Gasteiger partial charge in [0.05, 0.1) is 14.2 Å². The third kappa shape index (κ3) is 10.6. The Bertz CT molecular complexity index is 1570. The van der Waals surface area contributed by atoms with Crippen LogP contribution in [0.2, 0.25) is 0 Å². The number of hydrogen-bond acceptors (Lipinski definition) is 2. The van der Waals surface area contributed by atoms with E-state index in [4.69, 9.17) is 9.47 Å². The van der Waals surface area contributed by atoms with Crippen molar-refractivity contribution in [2.45, 2.75) is 46.0 Å². The van der Waals surface area contributed by atoms with Crippen LogP contribution in [0.3, 0.4) is 0 Å². The third-order valence-corrected chi connectivity index (χ3v) is 7.50. The SMILES string of the molecule is CCCc1cc2c(-c3ccc(OC)cc3)cccc2[cH-]1.CCCc1cc2c(-c3ccc(OC)cc3)cccc2[cH-]1.[CH2-]C[CH2-].[Cl-].[Cl-].[Hf]. The number of aryl methyl sites for hydroxylation is 2. The second kappa shape index (κ2) is 21.1. The molecule has 0 radical (unpaired) electrons. The van der Waals surface area contributed by atoms with Crippen molar-refractivity contribution < 1.29 is 60.1 Å². The number of ether oxygens (including phenoxy) is 2. The van der Waals surface area contributed by atoms with Crippen LogP contribution in [0.25, 0.3) is 43.8 Å². The molecule has 0 saturated carbocycles. The van der Waals surface area contributed by atoms with Gasteiger partial charge in [0.25, 0.3) is 0 Å². The summed E-state index contributed by atoms with van der Waals surface area (Å²) in [6.45, 7) is 11.2. The Morgan fingerprint density at radius 2 is 0.913 bits per heavy atom. The van der Waals surface area contributed by atoms with Crippen molar-refractivity contribution >= 4 is 21.5 Å². The average Bonchev–Trinajstić information content (AvgIpc) is 3.65. The zero-order chi connectivity index (χ0) is 30.6. The molecule has 0 heterocycles. The quantitative estimate of drug-likeness (QED) is 0.151. The molecule has 244 valence electrons. The van der Waals surface area contributed by atoms with Crippen LogP contribution in [-0.4, -0.2) is 14.2 Å². The van der Waals surface area contributed by atoms with Crippen LogP contribution in [0.4, 0.5) is 0 Å². The molecular weight excluding hydrogens is 774 g/mol. The van der Waals surface area contributed by atoms with Crippen molar-refractivity contribution in [1.29, 1.82) is 0 Å². The van der Waals surface area contributed by atoms with Crippen molar-refractivity contribution in [3.8, 4) is 33.8 Å². The number of methoxy groups -OCH3 is 2. The predicted octanol–water partition coefficient (Wildman–Crippen LogP) is 5.42. The van der Waals surface area contributed by atoms with E-state index in [2.05, 4.69) is 113 Å². The number of rotatable bonds is 8. The third-order valence-electron chi connectivity index (χ3n) is 7.50. The fourth-order valence-electron chi connectivity index (χ4n) is 5.50. The van der Waals surface area contributed by atoms with Crippen molar-refractivity contribution in [1.82, 2.24) is 0 Å². The number of benzene rings is 4. The Balaban J connectivity index is 0.000000400. The Morgan fingerprint density at radius 3 is 1.22 bits per heavy atom. The molecule has 0 unspecified atom stereocenters. The summed E-state index contributed by atoms with van der Waals surface area (Å²) in [6, 6.07) is 38.9. The first kappa shape index (κ1) is 41.2. The minimum Gasteiger partial charge on any atom is -1.00 e. The van der Waals surface area contributed by atoms with Gasteiger partial charge in [0.2, 0.25) is 0 Å². The fourth-order valence-corrected chi connectivity index (χ4v) is 5.50. The largest absolute Gasteiger partial charge is 1.00 e. The molecule has 0 bridgehead atoms. The first-order valence-electron chi connectivity index (χ1n) is 15.3. The van der Waals surface area contributed by atoms with Crippen LogP contribution >= 0.6 is 0 Å². The normalized spacial score (nSPS) is 9.87. The van der Waals surface area contributed by atoms with Gasteiger partial charge in [-0.15, -0.1) is 69.1 Å². The topological polar surface area (TPSA) is 18.5 Å². The monoisotopic (exact) mass is 818 g/mol. The summed E-state index contributed by atoms with van der Waals surface area (Å²) < 4.78 is 10.5. The Morgan fingerprint density at radius 1 is 0.565 bits per heavy atom. The number of halogens is 2. The van der Waals surface area contributed by atoms with E-state index >= 15 is 0 Å². The van der Waals surface area contributed by atoms with E-state index in [0.29, 0.717) is 0 Å². The van der Waals surface area contributed by atoms with E-state index in [1.807, 2.05) is 24.3 Å². The molecule has 0 fully saturated rings. The summed E-state index contributed by atoms with van der Waals surface area (Å²) in [5, 5.41) is 5.37. The summed E-state index contributed by atoms with van der Waals surface area (Å²) in [4.78, 5) is 0. The maximum absolute atomic E-state index is 5.23. The van der Waals surface area contributed by atoms with Gasteiger partial charge in [-0.25, -0.2) is 0 Å². The standard InChI is InChI=1S/2C19H19O.C3H6.2ClH.Hf/c2*1-3-5-14-12-16-6-4-7-18(19(16)13-14)15-8-10-17(20-2)11-9-15;1-3-2;;;/h2*4,6-13H,3,5H2,1-2H3;1-3H2;2*1H;/q2*-1;-2;;;/p-2. The van der Waals surface area contributed by atoms with Gasteiger partial charge in [-0.05, 0) is 48.2 Å². The average molecular weight is 818 g/mol. The summed E-state index contributed by atoms with van der Waals surface area (Å²) in [7, 11) is 3.40. The first-order chi connectivity index (χ1) is 21.0. The van der Waals surface area contributed by atoms with Crippen LogP contribution < -0.4 is 34.3 Å². The molecule has 46 heavy (non-hydrogen) atoms. The number of fused-ring (bicyclic) bond motifs is 2. The minimum atomic E-state index is 0. The van der Waals surface area contributed by atoms with Crippen LogP contribution in [0.5, 0.6) is 11.5 Å². The fraction of sp³-hybridized carbons (Fsp3) is 0.220. The second-order valence-electron chi connectivity index (χ2n) is 10.7. The zero-order valence-corrected chi connectivity index (χ0v) is 32.5. The molecule has 2 nitrogen and oxygen atoms in total. The predicted molar refractivity (Wildman–Crippen MR) is 186 cm³/mol. The Hall–Kier alpha value is -2.85. The van der Waals surface area contributed by atoms with Gasteiger partial charge in [0.15, 0.2) is 0 Å². The first-order valence-corrected chi connectivity index (χ1v) is 15.3. The van der Waals surface area contributed by atoms with Gasteiger partial charge in [-0.1, -0.05) is 74.2 Å². The molecule has 6 rings (SSSR count). The van der Waals surface area contributed by atoms with Gasteiger partial charge in [-0.2, -0.15) is 12.1 Å². The van der Waals surface area contributed by atoms with E-state index in [1.165, 1.54) is 67.8 Å². The van der Waals surface area contributed by atoms with E-state index in [-0.39, 0.29) is 50.7 Å². The molecule has 0 aliphatic heterocycles. The Labute approximate surface area is 307 Å². The van der Waals surface area contributed by atoms with Crippen molar-refractivity contribution in [3.05, 3.63) is 134 Å². The van der Waals surface area contributed by atoms with Gasteiger partial charge >= 0.3 is 0 Å². The molecule has 0 aliphatic carbocycles. The summed E-state index contributed by atoms with van der Waals surface area (Å²) in [6.07, 6.45) is 5.43. The van der Waals surface area contributed by atoms with Crippen molar-refractivity contribution in [2.75, 3.05) is 14.2 Å². The minimum absolute atomic E-state index is 0.